The van der Waals surface area contributed by atoms with Crippen molar-refractivity contribution in [1.82, 2.24) is 19.7 Å². The lowest BCUT2D eigenvalue weighted by atomic mass is 10.1. The molecule has 3 heterocycles. The van der Waals surface area contributed by atoms with Gasteiger partial charge in [0.2, 0.25) is 0 Å². The van der Waals surface area contributed by atoms with Gasteiger partial charge in [0.05, 0.1) is 17.3 Å². The van der Waals surface area contributed by atoms with E-state index in [-0.39, 0.29) is 6.04 Å². The van der Waals surface area contributed by atoms with Crippen LogP contribution in [0.3, 0.4) is 0 Å². The Hall–Kier alpha value is -2.19. The van der Waals surface area contributed by atoms with Crippen molar-refractivity contribution >= 4 is 28.1 Å². The van der Waals surface area contributed by atoms with E-state index in [9.17, 15) is 0 Å². The van der Waals surface area contributed by atoms with Crippen LogP contribution < -0.4 is 4.74 Å². The summed E-state index contributed by atoms with van der Waals surface area (Å²) in [6.07, 6.45) is 4.30. The third-order valence-corrected chi connectivity index (χ3v) is 6.00. The molecule has 4 rings (SSSR count). The molecule has 3 aromatic rings. The lowest BCUT2D eigenvalue weighted by Crippen LogP contribution is -2.05. The summed E-state index contributed by atoms with van der Waals surface area (Å²) in [6, 6.07) is 6.15. The number of hydrogen-bond donors (Lipinski definition) is 1. The molecule has 2 aromatic heterocycles. The Morgan fingerprint density at radius 2 is 2.23 bits per heavy atom. The average molecular weight is 386 g/mol. The maximum atomic E-state index is 8.03. The fourth-order valence-electron chi connectivity index (χ4n) is 2.96. The first-order chi connectivity index (χ1) is 12.6. The highest BCUT2D eigenvalue weighted by Crippen LogP contribution is 2.40. The lowest BCUT2D eigenvalue weighted by molar-refractivity contribution is 0.327. The highest BCUT2D eigenvalue weighted by Gasteiger charge is 2.23. The summed E-state index contributed by atoms with van der Waals surface area (Å²) < 4.78 is 7.85. The Morgan fingerprint density at radius 3 is 3.00 bits per heavy atom. The molecule has 1 aliphatic rings. The second kappa shape index (κ2) is 6.85. The number of aromatic nitrogens is 4. The quantitative estimate of drug-likeness (QED) is 0.538. The lowest BCUT2D eigenvalue weighted by Gasteiger charge is -2.10. The van der Waals surface area contributed by atoms with E-state index < -0.39 is 0 Å². The SMILES string of the molecule is CSC(=N)c1ccc2c(c1)OCCc1sc(-c3ncnn3C(C)C)nc1-2. The van der Waals surface area contributed by atoms with Gasteiger partial charge in [-0.05, 0) is 32.2 Å². The normalized spacial score (nSPS) is 13.1. The summed E-state index contributed by atoms with van der Waals surface area (Å²) in [5.74, 6) is 1.60. The van der Waals surface area contributed by atoms with Gasteiger partial charge >= 0.3 is 0 Å². The Bertz CT molecular complexity index is 976. The van der Waals surface area contributed by atoms with Crippen LogP contribution in [0.25, 0.3) is 22.1 Å². The number of ether oxygens (including phenoxy) is 1. The number of rotatable bonds is 3. The third kappa shape index (κ3) is 2.93. The summed E-state index contributed by atoms with van der Waals surface area (Å²) in [7, 11) is 0. The van der Waals surface area contributed by atoms with E-state index in [0.29, 0.717) is 11.7 Å². The first-order valence-electron chi connectivity index (χ1n) is 8.38. The predicted molar refractivity (Wildman–Crippen MR) is 106 cm³/mol. The smallest absolute Gasteiger partial charge is 0.187 e. The highest BCUT2D eigenvalue weighted by molar-refractivity contribution is 8.13. The van der Waals surface area contributed by atoms with Gasteiger partial charge in [-0.2, -0.15) is 5.10 Å². The van der Waals surface area contributed by atoms with Crippen molar-refractivity contribution < 1.29 is 4.74 Å². The van der Waals surface area contributed by atoms with E-state index in [2.05, 4.69) is 23.9 Å². The van der Waals surface area contributed by atoms with Crippen molar-refractivity contribution in [2.75, 3.05) is 12.9 Å². The molecule has 0 atom stereocenters. The van der Waals surface area contributed by atoms with Crippen LogP contribution in [-0.2, 0) is 6.42 Å². The minimum absolute atomic E-state index is 0.229. The summed E-state index contributed by atoms with van der Waals surface area (Å²) in [5.41, 5.74) is 2.81. The molecule has 0 radical (unpaired) electrons. The largest absolute Gasteiger partial charge is 0.492 e. The second-order valence-corrected chi connectivity index (χ2v) is 8.16. The molecular formula is C18H19N5OS2. The molecule has 0 bridgehead atoms. The van der Waals surface area contributed by atoms with Gasteiger partial charge in [-0.25, -0.2) is 14.6 Å². The Morgan fingerprint density at radius 1 is 1.38 bits per heavy atom. The molecule has 26 heavy (non-hydrogen) atoms. The minimum atomic E-state index is 0.229. The average Bonchev–Trinajstić information content (AvgIpc) is 3.25. The number of thioether (sulfide) groups is 1. The summed E-state index contributed by atoms with van der Waals surface area (Å²) in [6.45, 7) is 4.78. The fourth-order valence-corrected chi connectivity index (χ4v) is 4.37. The maximum absolute atomic E-state index is 8.03. The van der Waals surface area contributed by atoms with Crippen molar-refractivity contribution in [1.29, 1.82) is 5.41 Å². The number of nitrogens with one attached hydrogen (secondary N) is 1. The predicted octanol–water partition coefficient (Wildman–Crippen LogP) is 4.27. The van der Waals surface area contributed by atoms with Crippen LogP contribution in [0.2, 0.25) is 0 Å². The number of nitrogens with zero attached hydrogens (tertiary/aromatic N) is 4. The van der Waals surface area contributed by atoms with Crippen LogP contribution in [-0.4, -0.2) is 37.7 Å². The molecule has 1 N–H and O–H groups in total. The van der Waals surface area contributed by atoms with Gasteiger partial charge in [-0.15, -0.1) is 23.1 Å². The van der Waals surface area contributed by atoms with Crippen LogP contribution in [0.4, 0.5) is 0 Å². The van der Waals surface area contributed by atoms with Crippen molar-refractivity contribution in [2.45, 2.75) is 26.3 Å². The molecule has 0 aliphatic carbocycles. The zero-order valence-electron chi connectivity index (χ0n) is 14.8. The molecule has 6 nitrogen and oxygen atoms in total. The standard InChI is InChI=1S/C18H19N5OS2/c1-10(2)23-17(20-9-21-23)18-22-15-12-5-4-11(16(19)25-3)8-13(12)24-7-6-14(15)26-18/h4-5,8-10,19H,6-7H2,1-3H3. The Labute approximate surface area is 160 Å². The van der Waals surface area contributed by atoms with Gasteiger partial charge < -0.3 is 4.74 Å². The molecular weight excluding hydrogens is 366 g/mol. The van der Waals surface area contributed by atoms with Crippen LogP contribution in [0.15, 0.2) is 24.5 Å². The van der Waals surface area contributed by atoms with Gasteiger partial charge in [-0.1, -0.05) is 6.07 Å². The summed E-state index contributed by atoms with van der Waals surface area (Å²) in [4.78, 5) is 10.5. The van der Waals surface area contributed by atoms with E-state index in [1.54, 1.807) is 17.7 Å². The molecule has 0 saturated carbocycles. The van der Waals surface area contributed by atoms with Gasteiger partial charge in [0.15, 0.2) is 10.8 Å². The fraction of sp³-hybridized carbons (Fsp3) is 0.333. The first-order valence-corrected chi connectivity index (χ1v) is 10.4. The molecule has 1 aromatic carbocycles. The molecule has 0 unspecified atom stereocenters. The zero-order chi connectivity index (χ0) is 18.3. The first kappa shape index (κ1) is 17.2. The van der Waals surface area contributed by atoms with Gasteiger partial charge in [-0.3, -0.25) is 5.41 Å². The van der Waals surface area contributed by atoms with Gasteiger partial charge in [0.25, 0.3) is 0 Å². The van der Waals surface area contributed by atoms with E-state index in [0.717, 1.165) is 39.8 Å². The van der Waals surface area contributed by atoms with E-state index in [1.165, 1.54) is 16.6 Å². The zero-order valence-corrected chi connectivity index (χ0v) is 16.4. The van der Waals surface area contributed by atoms with Crippen LogP contribution in [0.5, 0.6) is 5.75 Å². The maximum Gasteiger partial charge on any atom is 0.187 e. The molecule has 0 fully saturated rings. The molecule has 0 saturated heterocycles. The van der Waals surface area contributed by atoms with Crippen LogP contribution in [0.1, 0.15) is 30.3 Å². The minimum Gasteiger partial charge on any atom is -0.492 e. The van der Waals surface area contributed by atoms with Crippen molar-refractivity contribution in [3.63, 3.8) is 0 Å². The monoisotopic (exact) mass is 385 g/mol. The molecule has 134 valence electrons. The summed E-state index contributed by atoms with van der Waals surface area (Å²) >= 11 is 3.08. The second-order valence-electron chi connectivity index (χ2n) is 6.26. The van der Waals surface area contributed by atoms with Crippen molar-refractivity contribution in [3.05, 3.63) is 35.0 Å². The molecule has 0 spiro atoms. The Kier molecular flexibility index (Phi) is 4.54. The van der Waals surface area contributed by atoms with Crippen molar-refractivity contribution in [3.8, 4) is 27.8 Å². The topological polar surface area (TPSA) is 76.7 Å². The molecule has 8 heteroatoms. The molecule has 1 aliphatic heterocycles. The van der Waals surface area contributed by atoms with Gasteiger partial charge in [0, 0.05) is 28.5 Å². The summed E-state index contributed by atoms with van der Waals surface area (Å²) in [5, 5.41) is 13.8. The van der Waals surface area contributed by atoms with Crippen molar-refractivity contribution in [2.24, 2.45) is 0 Å². The molecule has 0 amide bonds. The van der Waals surface area contributed by atoms with Crippen LogP contribution in [0, 0.1) is 5.41 Å². The number of hydrogen-bond acceptors (Lipinski definition) is 7. The Balaban J connectivity index is 1.80. The number of fused-ring (bicyclic) bond motifs is 3. The third-order valence-electron chi connectivity index (χ3n) is 4.24. The number of thiazole rings is 1. The van der Waals surface area contributed by atoms with E-state index in [1.807, 2.05) is 29.1 Å². The highest BCUT2D eigenvalue weighted by atomic mass is 32.2. The van der Waals surface area contributed by atoms with E-state index in [4.69, 9.17) is 15.1 Å². The number of benzene rings is 1. The van der Waals surface area contributed by atoms with E-state index >= 15 is 0 Å². The van der Waals surface area contributed by atoms with Crippen LogP contribution >= 0.6 is 23.1 Å². The van der Waals surface area contributed by atoms with Gasteiger partial charge in [0.1, 0.15) is 12.1 Å².